The maximum absolute atomic E-state index is 11.4. The van der Waals surface area contributed by atoms with Crippen molar-refractivity contribution in [2.75, 3.05) is 0 Å². The zero-order valence-electron chi connectivity index (χ0n) is 11.1. The maximum atomic E-state index is 11.4. The van der Waals surface area contributed by atoms with Crippen LogP contribution in [0.2, 0.25) is 0 Å². The van der Waals surface area contributed by atoms with E-state index in [4.69, 9.17) is 0 Å². The van der Waals surface area contributed by atoms with Crippen molar-refractivity contribution in [3.63, 3.8) is 0 Å². The molecule has 0 saturated heterocycles. The number of fused-ring (bicyclic) bond motifs is 2. The average molecular weight is 239 g/mol. The van der Waals surface area contributed by atoms with Crippen molar-refractivity contribution in [3.8, 4) is 0 Å². The van der Waals surface area contributed by atoms with Crippen LogP contribution in [0.1, 0.15) is 46.5 Å². The Morgan fingerprint density at radius 3 is 2.53 bits per heavy atom. The summed E-state index contributed by atoms with van der Waals surface area (Å²) in [4.78, 5) is 11.4. The predicted octanol–water partition coefficient (Wildman–Crippen LogP) is 2.51. The Morgan fingerprint density at radius 2 is 1.94 bits per heavy atom. The smallest absolute Gasteiger partial charge is 0.308 e. The molecule has 2 fully saturated rings. The first-order chi connectivity index (χ1) is 7.99. The molecule has 2 aliphatic carbocycles. The quantitative estimate of drug-likeness (QED) is 0.775. The van der Waals surface area contributed by atoms with Crippen LogP contribution in [0, 0.1) is 23.7 Å². The number of carboxylic acid groups (broad SMARTS) is 1. The Morgan fingerprint density at radius 1 is 1.29 bits per heavy atom. The highest BCUT2D eigenvalue weighted by molar-refractivity contribution is 5.72. The van der Waals surface area contributed by atoms with Crippen molar-refractivity contribution in [2.24, 2.45) is 23.7 Å². The SMILES string of the molecule is CC(C)CC(C)NC1C2CCC(C2)C1C(=O)O. The normalized spacial score (nSPS) is 37.6. The Bertz CT molecular complexity index is 290. The van der Waals surface area contributed by atoms with Gasteiger partial charge in [0.2, 0.25) is 0 Å². The van der Waals surface area contributed by atoms with E-state index in [2.05, 4.69) is 26.1 Å². The van der Waals surface area contributed by atoms with Crippen molar-refractivity contribution < 1.29 is 9.90 Å². The van der Waals surface area contributed by atoms with Crippen LogP contribution in [0.4, 0.5) is 0 Å². The van der Waals surface area contributed by atoms with Gasteiger partial charge in [-0.2, -0.15) is 0 Å². The molecule has 3 heteroatoms. The van der Waals surface area contributed by atoms with E-state index in [1.54, 1.807) is 0 Å². The van der Waals surface area contributed by atoms with Gasteiger partial charge in [0, 0.05) is 12.1 Å². The molecule has 2 rings (SSSR count). The van der Waals surface area contributed by atoms with Crippen molar-refractivity contribution in [2.45, 2.75) is 58.5 Å². The highest BCUT2D eigenvalue weighted by atomic mass is 16.4. The van der Waals surface area contributed by atoms with Gasteiger partial charge in [0.15, 0.2) is 0 Å². The van der Waals surface area contributed by atoms with Crippen LogP contribution in [0.15, 0.2) is 0 Å². The lowest BCUT2D eigenvalue weighted by molar-refractivity contribution is -0.144. The van der Waals surface area contributed by atoms with E-state index in [-0.39, 0.29) is 12.0 Å². The summed E-state index contributed by atoms with van der Waals surface area (Å²) in [6, 6.07) is 0.654. The van der Waals surface area contributed by atoms with Crippen molar-refractivity contribution in [3.05, 3.63) is 0 Å². The van der Waals surface area contributed by atoms with Gasteiger partial charge >= 0.3 is 5.97 Å². The van der Waals surface area contributed by atoms with Gasteiger partial charge in [0.25, 0.3) is 0 Å². The van der Waals surface area contributed by atoms with Gasteiger partial charge in [0.05, 0.1) is 5.92 Å². The maximum Gasteiger partial charge on any atom is 0.308 e. The lowest BCUT2D eigenvalue weighted by Gasteiger charge is -2.32. The van der Waals surface area contributed by atoms with Crippen LogP contribution < -0.4 is 5.32 Å². The van der Waals surface area contributed by atoms with Crippen LogP contribution in [-0.4, -0.2) is 23.2 Å². The van der Waals surface area contributed by atoms with Crippen LogP contribution in [0.3, 0.4) is 0 Å². The van der Waals surface area contributed by atoms with E-state index < -0.39 is 5.97 Å². The van der Waals surface area contributed by atoms with E-state index >= 15 is 0 Å². The first-order valence-corrected chi connectivity index (χ1v) is 6.98. The fourth-order valence-electron chi connectivity index (χ4n) is 3.99. The Hall–Kier alpha value is -0.570. The minimum absolute atomic E-state index is 0.136. The largest absolute Gasteiger partial charge is 0.481 e. The lowest BCUT2D eigenvalue weighted by Crippen LogP contribution is -2.48. The number of hydrogen-bond donors (Lipinski definition) is 2. The summed E-state index contributed by atoms with van der Waals surface area (Å²) in [5.74, 6) is 0.978. The first kappa shape index (κ1) is 12.9. The molecular formula is C14H25NO2. The molecule has 0 heterocycles. The third-order valence-corrected chi connectivity index (χ3v) is 4.50. The third kappa shape index (κ3) is 2.65. The molecule has 0 amide bonds. The molecule has 0 aromatic carbocycles. The van der Waals surface area contributed by atoms with Crippen LogP contribution in [0.5, 0.6) is 0 Å². The van der Waals surface area contributed by atoms with E-state index in [1.807, 2.05) is 0 Å². The highest BCUT2D eigenvalue weighted by Crippen LogP contribution is 2.48. The van der Waals surface area contributed by atoms with Crippen molar-refractivity contribution >= 4 is 5.97 Å². The fourth-order valence-corrected chi connectivity index (χ4v) is 3.99. The van der Waals surface area contributed by atoms with Crippen LogP contribution in [-0.2, 0) is 4.79 Å². The summed E-state index contributed by atoms with van der Waals surface area (Å²) < 4.78 is 0. The molecular weight excluding hydrogens is 214 g/mol. The van der Waals surface area contributed by atoms with E-state index in [0.717, 1.165) is 19.3 Å². The highest BCUT2D eigenvalue weighted by Gasteiger charge is 2.51. The molecule has 2 bridgehead atoms. The molecule has 5 atom stereocenters. The zero-order chi connectivity index (χ0) is 12.6. The summed E-state index contributed by atoms with van der Waals surface area (Å²) in [6.07, 6.45) is 4.60. The standard InChI is InChI=1S/C14H25NO2/c1-8(2)6-9(3)15-13-11-5-4-10(7-11)12(13)14(16)17/h8-13,15H,4-7H2,1-3H3,(H,16,17). The van der Waals surface area contributed by atoms with Crippen molar-refractivity contribution in [1.82, 2.24) is 5.32 Å². The number of hydrogen-bond acceptors (Lipinski definition) is 2. The monoisotopic (exact) mass is 239 g/mol. The van der Waals surface area contributed by atoms with Gasteiger partial charge in [-0.15, -0.1) is 0 Å². The molecule has 0 aliphatic heterocycles. The number of carbonyl (C=O) groups is 1. The minimum atomic E-state index is -0.591. The van der Waals surface area contributed by atoms with Gasteiger partial charge in [-0.05, 0) is 50.4 Å². The van der Waals surface area contributed by atoms with E-state index in [0.29, 0.717) is 23.8 Å². The van der Waals surface area contributed by atoms with E-state index in [9.17, 15) is 9.90 Å². The minimum Gasteiger partial charge on any atom is -0.481 e. The summed E-state index contributed by atoms with van der Waals surface area (Å²) >= 11 is 0. The molecule has 0 radical (unpaired) electrons. The second kappa shape index (κ2) is 4.97. The number of carboxylic acids is 1. The second-order valence-electron chi connectivity index (χ2n) is 6.42. The fraction of sp³-hybridized carbons (Fsp3) is 0.929. The number of rotatable bonds is 5. The Balaban J connectivity index is 1.97. The molecule has 17 heavy (non-hydrogen) atoms. The molecule has 5 unspecified atom stereocenters. The molecule has 2 N–H and O–H groups in total. The second-order valence-corrected chi connectivity index (χ2v) is 6.42. The molecule has 2 aliphatic rings. The summed E-state index contributed by atoms with van der Waals surface area (Å²) in [5.41, 5.74) is 0. The third-order valence-electron chi connectivity index (χ3n) is 4.50. The Kier molecular flexibility index (Phi) is 3.76. The summed E-state index contributed by atoms with van der Waals surface area (Å²) in [7, 11) is 0. The van der Waals surface area contributed by atoms with Crippen LogP contribution >= 0.6 is 0 Å². The van der Waals surface area contributed by atoms with Gasteiger partial charge in [-0.25, -0.2) is 0 Å². The predicted molar refractivity (Wildman–Crippen MR) is 67.8 cm³/mol. The number of aliphatic carboxylic acids is 1. The molecule has 98 valence electrons. The summed E-state index contributed by atoms with van der Waals surface area (Å²) in [6.45, 7) is 6.62. The number of nitrogens with one attached hydrogen (secondary N) is 1. The van der Waals surface area contributed by atoms with E-state index in [1.165, 1.54) is 6.42 Å². The first-order valence-electron chi connectivity index (χ1n) is 6.98. The lowest BCUT2D eigenvalue weighted by atomic mass is 9.84. The zero-order valence-corrected chi connectivity index (χ0v) is 11.1. The molecule has 2 saturated carbocycles. The van der Waals surface area contributed by atoms with Gasteiger partial charge < -0.3 is 10.4 Å². The van der Waals surface area contributed by atoms with Crippen molar-refractivity contribution in [1.29, 1.82) is 0 Å². The average Bonchev–Trinajstić information content (AvgIpc) is 2.75. The van der Waals surface area contributed by atoms with Gasteiger partial charge in [0.1, 0.15) is 0 Å². The molecule has 3 nitrogen and oxygen atoms in total. The van der Waals surface area contributed by atoms with Gasteiger partial charge in [-0.3, -0.25) is 4.79 Å². The van der Waals surface area contributed by atoms with Crippen LogP contribution in [0.25, 0.3) is 0 Å². The topological polar surface area (TPSA) is 49.3 Å². The van der Waals surface area contributed by atoms with Gasteiger partial charge in [-0.1, -0.05) is 13.8 Å². The molecule has 0 aromatic heterocycles. The molecule has 0 spiro atoms. The molecule has 0 aromatic rings. The Labute approximate surface area is 104 Å². The summed E-state index contributed by atoms with van der Waals surface area (Å²) in [5, 5.41) is 13.0.